The molecule has 12 heteroatoms. The van der Waals surface area contributed by atoms with Crippen LogP contribution in [0.4, 0.5) is 11.1 Å². The van der Waals surface area contributed by atoms with Crippen LogP contribution in [0.15, 0.2) is 41.8 Å². The van der Waals surface area contributed by atoms with Crippen LogP contribution >= 0.6 is 23.1 Å². The molecule has 3 heterocycles. The first-order valence-electron chi connectivity index (χ1n) is 10.4. The van der Waals surface area contributed by atoms with Crippen LogP contribution in [0.3, 0.4) is 0 Å². The lowest BCUT2D eigenvalue weighted by atomic mass is 10.2. The molecule has 0 aliphatic carbocycles. The predicted molar refractivity (Wildman–Crippen MR) is 132 cm³/mol. The number of hydrogen-bond donors (Lipinski definition) is 3. The number of fused-ring (bicyclic) bond motifs is 1. The Kier molecular flexibility index (Phi) is 7.35. The molecule has 3 N–H and O–H groups in total. The minimum absolute atomic E-state index is 0.157. The van der Waals surface area contributed by atoms with Gasteiger partial charge < -0.3 is 20.5 Å². The monoisotopic (exact) mass is 483 g/mol. The Morgan fingerprint density at radius 1 is 1.21 bits per heavy atom. The van der Waals surface area contributed by atoms with E-state index in [0.29, 0.717) is 29.8 Å². The normalized spacial score (nSPS) is 12.0. The van der Waals surface area contributed by atoms with Crippen molar-refractivity contribution < 1.29 is 4.79 Å². The molecule has 0 spiro atoms. The second-order valence-electron chi connectivity index (χ2n) is 7.56. The molecular formula is C21H25N9OS2. The van der Waals surface area contributed by atoms with E-state index in [2.05, 4.69) is 48.0 Å². The summed E-state index contributed by atoms with van der Waals surface area (Å²) in [7, 11) is 1.84. The average Bonchev–Trinajstić information content (AvgIpc) is 3.44. The number of thioether (sulfide) groups is 1. The number of anilines is 2. The maximum atomic E-state index is 12.5. The van der Waals surface area contributed by atoms with Crippen LogP contribution in [-0.4, -0.2) is 55.0 Å². The Bertz CT molecular complexity index is 1220. The highest BCUT2D eigenvalue weighted by Crippen LogP contribution is 2.27. The van der Waals surface area contributed by atoms with Crippen LogP contribution in [0.1, 0.15) is 23.1 Å². The number of rotatable bonds is 10. The number of nitrogens with one attached hydrogen (secondary N) is 3. The molecule has 1 atom stereocenters. The van der Waals surface area contributed by atoms with E-state index in [1.807, 2.05) is 37.8 Å². The molecule has 33 heavy (non-hydrogen) atoms. The molecule has 0 aliphatic rings. The molecular weight excluding hydrogens is 458 g/mol. The van der Waals surface area contributed by atoms with Gasteiger partial charge in [0, 0.05) is 43.0 Å². The fourth-order valence-electron chi connectivity index (χ4n) is 2.98. The van der Waals surface area contributed by atoms with Crippen LogP contribution < -0.4 is 16.0 Å². The summed E-state index contributed by atoms with van der Waals surface area (Å²) in [5.74, 6) is 1.50. The topological polar surface area (TPSA) is 123 Å². The van der Waals surface area contributed by atoms with Gasteiger partial charge in [0.1, 0.15) is 6.33 Å². The maximum Gasteiger partial charge on any atom is 0.251 e. The van der Waals surface area contributed by atoms with Gasteiger partial charge in [-0.1, -0.05) is 18.3 Å². The third-order valence-corrected chi connectivity index (χ3v) is 6.60. The molecule has 0 radical (unpaired) electrons. The quantitative estimate of drug-likeness (QED) is 0.292. The molecule has 172 valence electrons. The third-order valence-electron chi connectivity index (χ3n) is 4.94. The predicted octanol–water partition coefficient (Wildman–Crippen LogP) is 3.03. The third kappa shape index (κ3) is 5.96. The second kappa shape index (κ2) is 10.6. The first-order valence-corrected chi connectivity index (χ1v) is 12.4. The van der Waals surface area contributed by atoms with Gasteiger partial charge in [-0.05, 0) is 30.4 Å². The Morgan fingerprint density at radius 2 is 2.00 bits per heavy atom. The fourth-order valence-corrected chi connectivity index (χ4v) is 4.21. The maximum absolute atomic E-state index is 12.5. The summed E-state index contributed by atoms with van der Waals surface area (Å²) in [4.78, 5) is 26.8. The number of carbonyl (C=O) groups excluding carboxylic acids is 1. The smallest absolute Gasteiger partial charge is 0.251 e. The van der Waals surface area contributed by atoms with Crippen LogP contribution in [-0.2, 0) is 13.6 Å². The van der Waals surface area contributed by atoms with Crippen molar-refractivity contribution in [3.8, 4) is 0 Å². The Labute approximate surface area is 199 Å². The molecule has 3 aromatic heterocycles. The Balaban J connectivity index is 1.29. The number of thiazole rings is 1. The number of carbonyl (C=O) groups is 1. The zero-order valence-electron chi connectivity index (χ0n) is 18.6. The van der Waals surface area contributed by atoms with E-state index in [1.54, 1.807) is 28.7 Å². The van der Waals surface area contributed by atoms with E-state index in [-0.39, 0.29) is 5.91 Å². The van der Waals surface area contributed by atoms with Crippen LogP contribution in [0.2, 0.25) is 0 Å². The van der Waals surface area contributed by atoms with E-state index in [9.17, 15) is 4.79 Å². The van der Waals surface area contributed by atoms with E-state index < -0.39 is 0 Å². The SMILES string of the molecule is CSc1cnc(NC[C@H](C)CNc2nc3ccc(C(=O)NCc4nncn4C)cc3s2)nc1. The van der Waals surface area contributed by atoms with Crippen molar-refractivity contribution in [2.45, 2.75) is 18.4 Å². The molecule has 0 saturated carbocycles. The molecule has 10 nitrogen and oxygen atoms in total. The standard InChI is InChI=1S/C21H25N9OS2/c1-13(7-23-20-24-9-15(32-3)10-25-20)8-26-21-28-16-5-4-14(6-17(16)33-21)19(31)22-11-18-29-27-12-30(18)2/h4-6,9-10,12-13H,7-8,11H2,1-3H3,(H,22,31)(H,26,28)(H,23,24,25)/t13-/m0/s1. The van der Waals surface area contributed by atoms with Crippen molar-refractivity contribution in [1.29, 1.82) is 0 Å². The van der Waals surface area contributed by atoms with Gasteiger partial charge in [0.15, 0.2) is 11.0 Å². The summed E-state index contributed by atoms with van der Waals surface area (Å²) in [5.41, 5.74) is 1.45. The summed E-state index contributed by atoms with van der Waals surface area (Å²) in [6.07, 6.45) is 7.23. The number of hydrogen-bond acceptors (Lipinski definition) is 10. The summed E-state index contributed by atoms with van der Waals surface area (Å²) in [6.45, 7) is 3.96. The van der Waals surface area contributed by atoms with Gasteiger partial charge in [0.05, 0.1) is 16.8 Å². The van der Waals surface area contributed by atoms with Crippen molar-refractivity contribution in [1.82, 2.24) is 35.0 Å². The van der Waals surface area contributed by atoms with Gasteiger partial charge in [-0.15, -0.1) is 22.0 Å². The summed E-state index contributed by atoms with van der Waals surface area (Å²) in [6, 6.07) is 5.52. The number of aryl methyl sites for hydroxylation is 1. The number of nitrogens with zero attached hydrogens (tertiary/aromatic N) is 6. The molecule has 0 aliphatic heterocycles. The first-order chi connectivity index (χ1) is 16.0. The summed E-state index contributed by atoms with van der Waals surface area (Å²) < 4.78 is 2.73. The minimum Gasteiger partial charge on any atom is -0.361 e. The van der Waals surface area contributed by atoms with Crippen molar-refractivity contribution in [2.24, 2.45) is 13.0 Å². The molecule has 1 aromatic carbocycles. The lowest BCUT2D eigenvalue weighted by Crippen LogP contribution is -2.24. The van der Waals surface area contributed by atoms with Crippen molar-refractivity contribution >= 4 is 50.3 Å². The Hall–Kier alpha value is -3.25. The van der Waals surface area contributed by atoms with E-state index in [1.165, 1.54) is 11.3 Å². The molecule has 0 unspecified atom stereocenters. The number of benzene rings is 1. The van der Waals surface area contributed by atoms with Crippen molar-refractivity contribution in [3.63, 3.8) is 0 Å². The molecule has 4 rings (SSSR count). The zero-order valence-corrected chi connectivity index (χ0v) is 20.2. The highest BCUT2D eigenvalue weighted by atomic mass is 32.2. The number of aromatic nitrogens is 6. The average molecular weight is 484 g/mol. The van der Waals surface area contributed by atoms with Crippen LogP contribution in [0, 0.1) is 5.92 Å². The molecule has 1 amide bonds. The second-order valence-corrected chi connectivity index (χ2v) is 9.47. The molecule has 4 aromatic rings. The van der Waals surface area contributed by atoms with Crippen LogP contribution in [0.5, 0.6) is 0 Å². The largest absolute Gasteiger partial charge is 0.361 e. The van der Waals surface area contributed by atoms with Crippen molar-refractivity contribution in [2.75, 3.05) is 30.0 Å². The van der Waals surface area contributed by atoms with Gasteiger partial charge in [0.25, 0.3) is 5.91 Å². The lowest BCUT2D eigenvalue weighted by molar-refractivity contribution is 0.0949. The first kappa shape index (κ1) is 22.9. The highest BCUT2D eigenvalue weighted by molar-refractivity contribution is 7.98. The lowest BCUT2D eigenvalue weighted by Gasteiger charge is -2.13. The molecule has 0 saturated heterocycles. The van der Waals surface area contributed by atoms with E-state index in [4.69, 9.17) is 0 Å². The van der Waals surface area contributed by atoms with E-state index >= 15 is 0 Å². The minimum atomic E-state index is -0.157. The van der Waals surface area contributed by atoms with E-state index in [0.717, 1.165) is 33.3 Å². The Morgan fingerprint density at radius 3 is 2.73 bits per heavy atom. The van der Waals surface area contributed by atoms with Crippen LogP contribution in [0.25, 0.3) is 10.2 Å². The van der Waals surface area contributed by atoms with Gasteiger partial charge in [-0.25, -0.2) is 15.0 Å². The highest BCUT2D eigenvalue weighted by Gasteiger charge is 2.12. The summed E-state index contributed by atoms with van der Waals surface area (Å²) >= 11 is 3.15. The van der Waals surface area contributed by atoms with Gasteiger partial charge >= 0.3 is 0 Å². The zero-order chi connectivity index (χ0) is 23.2. The number of amides is 1. The fraction of sp³-hybridized carbons (Fsp3) is 0.333. The molecule has 0 fully saturated rings. The van der Waals surface area contributed by atoms with Crippen molar-refractivity contribution in [3.05, 3.63) is 48.3 Å². The van der Waals surface area contributed by atoms with Gasteiger partial charge in [-0.3, -0.25) is 4.79 Å². The van der Waals surface area contributed by atoms with Gasteiger partial charge in [-0.2, -0.15) is 0 Å². The van der Waals surface area contributed by atoms with Gasteiger partial charge in [0.2, 0.25) is 5.95 Å². The molecule has 0 bridgehead atoms. The summed E-state index contributed by atoms with van der Waals surface area (Å²) in [5, 5.41) is 18.1.